The number of nitrogens with two attached hydrogens (primary N) is 2. The Labute approximate surface area is 79.1 Å². The maximum atomic E-state index is 7.09. The molecule has 0 unspecified atom stereocenters. The number of hydrogen-bond donors (Lipinski definition) is 3. The monoisotopic (exact) mass is 182 g/mol. The molecule has 0 saturated carbocycles. The van der Waals surface area contributed by atoms with Crippen LogP contribution in [0.5, 0.6) is 0 Å². The van der Waals surface area contributed by atoms with E-state index in [4.69, 9.17) is 16.9 Å². The van der Waals surface area contributed by atoms with Gasteiger partial charge in [-0.2, -0.15) is 0 Å². The lowest BCUT2D eigenvalue weighted by Gasteiger charge is -2.29. The molecule has 5 N–H and O–H groups in total. The Morgan fingerprint density at radius 2 is 1.92 bits per heavy atom. The molecule has 74 valence electrons. The van der Waals surface area contributed by atoms with Gasteiger partial charge in [0.2, 0.25) is 0 Å². The fraction of sp³-hybridized carbons (Fsp3) is 0.667. The van der Waals surface area contributed by atoms with Crippen LogP contribution in [0.25, 0.3) is 0 Å². The predicted molar refractivity (Wildman–Crippen MR) is 54.4 cm³/mol. The van der Waals surface area contributed by atoms with Crippen molar-refractivity contribution in [3.05, 3.63) is 11.8 Å². The van der Waals surface area contributed by atoms with E-state index >= 15 is 0 Å². The summed E-state index contributed by atoms with van der Waals surface area (Å²) >= 11 is 0. The van der Waals surface area contributed by atoms with Crippen LogP contribution in [0.3, 0.4) is 0 Å². The van der Waals surface area contributed by atoms with Crippen molar-refractivity contribution in [2.45, 2.75) is 12.8 Å². The highest BCUT2D eigenvalue weighted by atomic mass is 15.1. The zero-order chi connectivity index (χ0) is 9.84. The quantitative estimate of drug-likeness (QED) is 0.419. The molecule has 1 fully saturated rings. The molecule has 13 heavy (non-hydrogen) atoms. The Bertz CT molecular complexity index is 214. The van der Waals surface area contributed by atoms with E-state index < -0.39 is 0 Å². The summed E-state index contributed by atoms with van der Waals surface area (Å²) in [6.07, 6.45) is 3.72. The number of hydrogen-bond acceptors (Lipinski definition) is 3. The van der Waals surface area contributed by atoms with E-state index in [1.807, 2.05) is 0 Å². The van der Waals surface area contributed by atoms with Gasteiger partial charge in [-0.25, -0.2) is 0 Å². The largest absolute Gasteiger partial charge is 0.402 e. The molecule has 0 radical (unpaired) electrons. The van der Waals surface area contributed by atoms with Gasteiger partial charge in [0.05, 0.1) is 0 Å². The van der Waals surface area contributed by atoms with Gasteiger partial charge < -0.3 is 16.4 Å². The number of likely N-dealkylation sites (tertiary alicyclic amines) is 1. The molecule has 0 bridgehead atoms. The summed E-state index contributed by atoms with van der Waals surface area (Å²) in [6.45, 7) is 2.16. The van der Waals surface area contributed by atoms with Crippen LogP contribution in [-0.2, 0) is 0 Å². The lowest BCUT2D eigenvalue weighted by molar-refractivity contribution is 0.237. The zero-order valence-electron chi connectivity index (χ0n) is 8.09. The van der Waals surface area contributed by atoms with E-state index in [0.717, 1.165) is 31.6 Å². The summed E-state index contributed by atoms with van der Waals surface area (Å²) in [5.41, 5.74) is 11.8. The van der Waals surface area contributed by atoms with Crippen LogP contribution in [-0.4, -0.2) is 30.9 Å². The Morgan fingerprint density at radius 3 is 2.38 bits per heavy atom. The molecule has 1 rings (SSSR count). The third kappa shape index (κ3) is 3.06. The van der Waals surface area contributed by atoms with Gasteiger partial charge in [0.15, 0.2) is 0 Å². The van der Waals surface area contributed by atoms with Crippen molar-refractivity contribution in [2.75, 3.05) is 20.1 Å². The van der Waals surface area contributed by atoms with Gasteiger partial charge in [0.25, 0.3) is 0 Å². The van der Waals surface area contributed by atoms with Gasteiger partial charge in [-0.1, -0.05) is 0 Å². The van der Waals surface area contributed by atoms with Crippen LogP contribution >= 0.6 is 0 Å². The highest BCUT2D eigenvalue weighted by Gasteiger charge is 2.18. The van der Waals surface area contributed by atoms with Crippen molar-refractivity contribution in [1.29, 1.82) is 5.41 Å². The first-order chi connectivity index (χ1) is 6.09. The number of nitrogens with zero attached hydrogens (tertiary/aromatic N) is 1. The van der Waals surface area contributed by atoms with Crippen LogP contribution in [0, 0.1) is 11.3 Å². The van der Waals surface area contributed by atoms with Crippen LogP contribution in [0.15, 0.2) is 11.8 Å². The molecule has 0 aromatic carbocycles. The first-order valence-electron chi connectivity index (χ1n) is 4.59. The fourth-order valence-electron chi connectivity index (χ4n) is 1.64. The molecule has 4 nitrogen and oxygen atoms in total. The molecule has 0 aromatic heterocycles. The van der Waals surface area contributed by atoms with Crippen molar-refractivity contribution in [3.63, 3.8) is 0 Å². The molecule has 0 aliphatic carbocycles. The minimum Gasteiger partial charge on any atom is -0.402 e. The van der Waals surface area contributed by atoms with Crippen LogP contribution in [0.1, 0.15) is 12.8 Å². The van der Waals surface area contributed by atoms with Gasteiger partial charge in [-0.05, 0) is 39.1 Å². The zero-order valence-corrected chi connectivity index (χ0v) is 8.09. The Morgan fingerprint density at radius 1 is 1.38 bits per heavy atom. The standard InChI is InChI=1S/C9H18N4/c1-13-4-2-7(3-5-13)8(10)6-9(11)12/h6-7H,2-5,10H2,1H3,(H3,11,12)/b8-6-. The fourth-order valence-corrected chi connectivity index (χ4v) is 1.64. The van der Waals surface area contributed by atoms with Gasteiger partial charge in [-0.15, -0.1) is 0 Å². The molecule has 1 aliphatic rings. The number of rotatable bonds is 2. The van der Waals surface area contributed by atoms with E-state index in [1.54, 1.807) is 6.08 Å². The molecule has 0 atom stereocenters. The summed E-state index contributed by atoms with van der Waals surface area (Å²) < 4.78 is 0. The smallest absolute Gasteiger partial charge is 0.117 e. The van der Waals surface area contributed by atoms with Crippen molar-refractivity contribution in [2.24, 2.45) is 17.4 Å². The molecule has 1 heterocycles. The maximum absolute atomic E-state index is 7.09. The molecular weight excluding hydrogens is 164 g/mol. The third-order valence-corrected chi connectivity index (χ3v) is 2.51. The van der Waals surface area contributed by atoms with E-state index in [9.17, 15) is 0 Å². The van der Waals surface area contributed by atoms with Crippen LogP contribution in [0.4, 0.5) is 0 Å². The Hall–Kier alpha value is -1.03. The number of piperidine rings is 1. The molecule has 1 saturated heterocycles. The lowest BCUT2D eigenvalue weighted by Crippen LogP contribution is -2.32. The maximum Gasteiger partial charge on any atom is 0.117 e. The summed E-state index contributed by atoms with van der Waals surface area (Å²) in [7, 11) is 2.11. The molecular formula is C9H18N4. The molecule has 0 amide bonds. The van der Waals surface area contributed by atoms with Crippen molar-refractivity contribution in [1.82, 2.24) is 4.90 Å². The topological polar surface area (TPSA) is 79.1 Å². The summed E-state index contributed by atoms with van der Waals surface area (Å²) in [4.78, 5) is 2.29. The van der Waals surface area contributed by atoms with Crippen LogP contribution in [0.2, 0.25) is 0 Å². The van der Waals surface area contributed by atoms with E-state index in [1.165, 1.54) is 0 Å². The second kappa shape index (κ2) is 4.28. The van der Waals surface area contributed by atoms with Gasteiger partial charge in [-0.3, -0.25) is 5.41 Å². The first-order valence-corrected chi connectivity index (χ1v) is 4.59. The van der Waals surface area contributed by atoms with E-state index in [-0.39, 0.29) is 5.84 Å². The molecule has 0 aromatic rings. The van der Waals surface area contributed by atoms with E-state index in [0.29, 0.717) is 5.92 Å². The number of nitrogens with one attached hydrogen (secondary N) is 1. The van der Waals surface area contributed by atoms with Gasteiger partial charge >= 0.3 is 0 Å². The highest BCUT2D eigenvalue weighted by molar-refractivity contribution is 5.89. The highest BCUT2D eigenvalue weighted by Crippen LogP contribution is 2.20. The van der Waals surface area contributed by atoms with Crippen molar-refractivity contribution < 1.29 is 0 Å². The average Bonchev–Trinajstić information content (AvgIpc) is 2.04. The third-order valence-electron chi connectivity index (χ3n) is 2.51. The summed E-state index contributed by atoms with van der Waals surface area (Å²) in [5.74, 6) is 0.469. The Balaban J connectivity index is 2.49. The predicted octanol–water partition coefficient (Wildman–Crippen LogP) is 0.107. The normalized spacial score (nSPS) is 21.8. The minimum absolute atomic E-state index is 0.0522. The summed E-state index contributed by atoms with van der Waals surface area (Å²) in [5, 5.41) is 7.09. The average molecular weight is 182 g/mol. The van der Waals surface area contributed by atoms with Gasteiger partial charge in [0, 0.05) is 11.6 Å². The second-order valence-corrected chi connectivity index (χ2v) is 3.68. The minimum atomic E-state index is 0.0522. The number of amidine groups is 1. The second-order valence-electron chi connectivity index (χ2n) is 3.68. The van der Waals surface area contributed by atoms with Gasteiger partial charge in [0.1, 0.15) is 5.84 Å². The lowest BCUT2D eigenvalue weighted by atomic mass is 9.93. The summed E-state index contributed by atoms with van der Waals surface area (Å²) in [6, 6.07) is 0. The van der Waals surface area contributed by atoms with Crippen molar-refractivity contribution >= 4 is 5.84 Å². The van der Waals surface area contributed by atoms with Crippen LogP contribution < -0.4 is 11.5 Å². The molecule has 1 aliphatic heterocycles. The van der Waals surface area contributed by atoms with E-state index in [2.05, 4.69) is 11.9 Å². The van der Waals surface area contributed by atoms with Crippen molar-refractivity contribution in [3.8, 4) is 0 Å². The SMILES string of the molecule is CN1CCC(/C(N)=C/C(=N)N)CC1. The molecule has 0 spiro atoms. The number of allylic oxidation sites excluding steroid dienone is 1. The Kier molecular flexibility index (Phi) is 3.31. The molecule has 4 heteroatoms. The first kappa shape index (κ1) is 10.1.